The van der Waals surface area contributed by atoms with Crippen LogP contribution in [0.1, 0.15) is 24.5 Å². The maximum atomic E-state index is 13.1. The first kappa shape index (κ1) is 26.0. The summed E-state index contributed by atoms with van der Waals surface area (Å²) >= 11 is 0. The van der Waals surface area contributed by atoms with Crippen molar-refractivity contribution in [3.63, 3.8) is 0 Å². The molecule has 0 amide bonds. The van der Waals surface area contributed by atoms with Gasteiger partial charge in [-0.05, 0) is 43.2 Å². The molecule has 0 aliphatic carbocycles. The van der Waals surface area contributed by atoms with Crippen molar-refractivity contribution >= 4 is 20.8 Å². The Kier molecular flexibility index (Phi) is 9.77. The summed E-state index contributed by atoms with van der Waals surface area (Å²) in [4.78, 5) is 0.929. The molecule has 1 unspecified atom stereocenters. The number of hydrogen-bond donors (Lipinski definition) is 1. The standard InChI is InChI=1S/C27H31NO4S2/c1-3-27(32-21-23-11-6-4-7-12-23)26(15-10-20-33(29)24-13-8-5-9-14-24)28-34(30,31)25-18-16-22(2)17-19-25/h4-19,26-28H,3,20-21H2,1-2H3/b15-10-/t26-,27+,33?/m0/s1. The zero-order valence-corrected chi connectivity index (χ0v) is 21.1. The van der Waals surface area contributed by atoms with E-state index in [-0.39, 0.29) is 10.6 Å². The number of benzene rings is 3. The summed E-state index contributed by atoms with van der Waals surface area (Å²) in [5, 5.41) is 0. The van der Waals surface area contributed by atoms with E-state index < -0.39 is 33.0 Å². The lowest BCUT2D eigenvalue weighted by atomic mass is 10.1. The van der Waals surface area contributed by atoms with E-state index in [1.165, 1.54) is 0 Å². The summed E-state index contributed by atoms with van der Waals surface area (Å²) in [5.74, 6) is 0.280. The smallest absolute Gasteiger partial charge is 0.241 e. The van der Waals surface area contributed by atoms with Gasteiger partial charge in [-0.3, -0.25) is 4.21 Å². The first-order valence-electron chi connectivity index (χ1n) is 11.2. The van der Waals surface area contributed by atoms with Crippen LogP contribution in [0.5, 0.6) is 0 Å². The molecule has 3 aromatic carbocycles. The molecule has 0 spiro atoms. The van der Waals surface area contributed by atoms with Gasteiger partial charge < -0.3 is 4.74 Å². The Morgan fingerprint density at radius 2 is 1.56 bits per heavy atom. The number of nitrogens with one attached hydrogen (secondary N) is 1. The van der Waals surface area contributed by atoms with E-state index in [2.05, 4.69) is 4.72 Å². The largest absolute Gasteiger partial charge is 0.372 e. The molecule has 3 atom stereocenters. The van der Waals surface area contributed by atoms with Gasteiger partial charge in [0.25, 0.3) is 0 Å². The van der Waals surface area contributed by atoms with Crippen LogP contribution in [0, 0.1) is 6.92 Å². The normalized spacial score (nSPS) is 14.6. The van der Waals surface area contributed by atoms with Gasteiger partial charge in [-0.25, -0.2) is 13.1 Å². The zero-order chi connectivity index (χ0) is 24.4. The Morgan fingerprint density at radius 1 is 0.941 bits per heavy atom. The van der Waals surface area contributed by atoms with Gasteiger partial charge in [0.2, 0.25) is 10.0 Å². The lowest BCUT2D eigenvalue weighted by Gasteiger charge is -2.25. The van der Waals surface area contributed by atoms with Crippen LogP contribution < -0.4 is 4.72 Å². The molecule has 0 radical (unpaired) electrons. The van der Waals surface area contributed by atoms with E-state index in [4.69, 9.17) is 4.74 Å². The number of ether oxygens (including phenoxy) is 1. The molecule has 34 heavy (non-hydrogen) atoms. The third-order valence-electron chi connectivity index (χ3n) is 5.33. The highest BCUT2D eigenvalue weighted by molar-refractivity contribution is 7.89. The van der Waals surface area contributed by atoms with Crippen LogP contribution in [0.4, 0.5) is 0 Å². The maximum Gasteiger partial charge on any atom is 0.241 e. The fraction of sp³-hybridized carbons (Fsp3) is 0.259. The van der Waals surface area contributed by atoms with Crippen molar-refractivity contribution in [1.82, 2.24) is 4.72 Å². The Balaban J connectivity index is 1.78. The van der Waals surface area contributed by atoms with Crippen LogP contribution in [0.2, 0.25) is 0 Å². The molecule has 0 aromatic heterocycles. The molecule has 180 valence electrons. The topological polar surface area (TPSA) is 72.5 Å². The molecule has 5 nitrogen and oxygen atoms in total. The van der Waals surface area contributed by atoms with Crippen molar-refractivity contribution in [2.24, 2.45) is 0 Å². The molecule has 0 saturated carbocycles. The van der Waals surface area contributed by atoms with E-state index in [1.807, 2.05) is 74.5 Å². The minimum Gasteiger partial charge on any atom is -0.372 e. The monoisotopic (exact) mass is 497 g/mol. The number of hydrogen-bond acceptors (Lipinski definition) is 4. The quantitative estimate of drug-likeness (QED) is 0.358. The van der Waals surface area contributed by atoms with Crippen LogP contribution in [0.25, 0.3) is 0 Å². The van der Waals surface area contributed by atoms with Gasteiger partial charge in [-0.2, -0.15) is 0 Å². The summed E-state index contributed by atoms with van der Waals surface area (Å²) in [6.45, 7) is 4.23. The van der Waals surface area contributed by atoms with Gasteiger partial charge in [0.05, 0.1) is 34.4 Å². The van der Waals surface area contributed by atoms with Gasteiger partial charge >= 0.3 is 0 Å². The Hall–Kier alpha value is -2.58. The molecule has 0 bridgehead atoms. The van der Waals surface area contributed by atoms with E-state index in [9.17, 15) is 12.6 Å². The van der Waals surface area contributed by atoms with Crippen LogP contribution in [0.15, 0.2) is 107 Å². The van der Waals surface area contributed by atoms with Gasteiger partial charge in [-0.1, -0.05) is 85.3 Å². The third-order valence-corrected chi connectivity index (χ3v) is 8.10. The summed E-state index contributed by atoms with van der Waals surface area (Å²) in [7, 11) is -4.99. The molecule has 1 N–H and O–H groups in total. The van der Waals surface area contributed by atoms with Crippen molar-refractivity contribution < 1.29 is 17.4 Å². The zero-order valence-electron chi connectivity index (χ0n) is 19.5. The van der Waals surface area contributed by atoms with Crippen molar-refractivity contribution in [3.05, 3.63) is 108 Å². The number of sulfonamides is 1. The Labute approximate surface area is 205 Å². The summed E-state index contributed by atoms with van der Waals surface area (Å²) in [6, 6.07) is 25.1. The van der Waals surface area contributed by atoms with E-state index >= 15 is 0 Å². The molecule has 0 aliphatic heterocycles. The molecule has 3 aromatic rings. The Morgan fingerprint density at radius 3 is 2.18 bits per heavy atom. The molecule has 7 heteroatoms. The van der Waals surface area contributed by atoms with Crippen molar-refractivity contribution in [1.29, 1.82) is 0 Å². The van der Waals surface area contributed by atoms with E-state index in [0.717, 1.165) is 16.0 Å². The van der Waals surface area contributed by atoms with Crippen LogP contribution >= 0.6 is 0 Å². The van der Waals surface area contributed by atoms with Gasteiger partial charge in [0.1, 0.15) is 0 Å². The van der Waals surface area contributed by atoms with Gasteiger partial charge in [-0.15, -0.1) is 0 Å². The third kappa shape index (κ3) is 7.74. The molecule has 0 heterocycles. The van der Waals surface area contributed by atoms with Crippen molar-refractivity contribution in [2.75, 3.05) is 5.75 Å². The average Bonchev–Trinajstić information content (AvgIpc) is 2.85. The number of rotatable bonds is 12. The molecule has 0 aliphatic rings. The predicted octanol–water partition coefficient (Wildman–Crippen LogP) is 5.00. The van der Waals surface area contributed by atoms with Crippen LogP contribution in [-0.2, 0) is 32.2 Å². The molecular weight excluding hydrogens is 466 g/mol. The number of aryl methyl sites for hydroxylation is 1. The SMILES string of the molecule is CC[C@@H](OCc1ccccc1)[C@H](/C=C\CS(=O)c1ccccc1)NS(=O)(=O)c1ccc(C)cc1. The minimum absolute atomic E-state index is 0.197. The van der Waals surface area contributed by atoms with Crippen LogP contribution in [0.3, 0.4) is 0 Å². The van der Waals surface area contributed by atoms with Gasteiger partial charge in [0, 0.05) is 10.6 Å². The summed E-state index contributed by atoms with van der Waals surface area (Å²) in [5.41, 5.74) is 1.99. The maximum absolute atomic E-state index is 13.1. The first-order chi connectivity index (χ1) is 16.4. The highest BCUT2D eigenvalue weighted by Gasteiger charge is 2.25. The lowest BCUT2D eigenvalue weighted by molar-refractivity contribution is 0.0271. The second kappa shape index (κ2) is 12.8. The predicted molar refractivity (Wildman–Crippen MR) is 137 cm³/mol. The molecule has 3 rings (SSSR count). The highest BCUT2D eigenvalue weighted by atomic mass is 32.2. The summed E-state index contributed by atoms with van der Waals surface area (Å²) in [6.07, 6.45) is 3.72. The molecular formula is C27H31NO4S2. The van der Waals surface area contributed by atoms with Crippen molar-refractivity contribution in [3.8, 4) is 0 Å². The van der Waals surface area contributed by atoms with Crippen molar-refractivity contribution in [2.45, 2.75) is 48.8 Å². The fourth-order valence-electron chi connectivity index (χ4n) is 3.41. The molecule has 0 fully saturated rings. The molecule has 0 saturated heterocycles. The van der Waals surface area contributed by atoms with E-state index in [0.29, 0.717) is 13.0 Å². The Bertz CT molecular complexity index is 1180. The lowest BCUT2D eigenvalue weighted by Crippen LogP contribution is -2.43. The first-order valence-corrected chi connectivity index (χ1v) is 14.0. The fourth-order valence-corrected chi connectivity index (χ4v) is 5.57. The van der Waals surface area contributed by atoms with Crippen LogP contribution in [-0.4, -0.2) is 30.5 Å². The second-order valence-electron chi connectivity index (χ2n) is 7.96. The second-order valence-corrected chi connectivity index (χ2v) is 11.2. The van der Waals surface area contributed by atoms with Gasteiger partial charge in [0.15, 0.2) is 0 Å². The summed E-state index contributed by atoms with van der Waals surface area (Å²) < 4.78 is 47.7. The highest BCUT2D eigenvalue weighted by Crippen LogP contribution is 2.16. The van der Waals surface area contributed by atoms with E-state index in [1.54, 1.807) is 36.4 Å². The minimum atomic E-state index is -3.77. The average molecular weight is 498 g/mol.